The molecule has 8 heteroatoms. The monoisotopic (exact) mass is 277 g/mol. The van der Waals surface area contributed by atoms with Crippen molar-refractivity contribution in [1.82, 2.24) is 9.97 Å². The Kier molecular flexibility index (Phi) is 4.05. The molecule has 1 heterocycles. The van der Waals surface area contributed by atoms with Crippen LogP contribution in [0.5, 0.6) is 0 Å². The Hall–Kier alpha value is -1.21. The molecule has 0 saturated heterocycles. The molecular formula is C9H12ClN3O3S. The molecule has 0 aliphatic heterocycles. The lowest BCUT2D eigenvalue weighted by atomic mass is 10.3. The first-order valence-corrected chi connectivity index (χ1v) is 7.02. The van der Waals surface area contributed by atoms with Crippen molar-refractivity contribution in [3.63, 3.8) is 0 Å². The highest BCUT2D eigenvalue weighted by molar-refractivity contribution is 7.90. The van der Waals surface area contributed by atoms with Crippen LogP contribution < -0.4 is 5.32 Å². The first kappa shape index (κ1) is 13.9. The second kappa shape index (κ2) is 4.97. The van der Waals surface area contributed by atoms with Gasteiger partial charge in [-0.25, -0.2) is 18.4 Å². The summed E-state index contributed by atoms with van der Waals surface area (Å²) in [5, 5.41) is 2.26. The number of nitrogens with one attached hydrogen (secondary N) is 1. The zero-order chi connectivity index (χ0) is 13.2. The molecule has 1 rings (SSSR count). The Balaban J connectivity index is 3.44. The van der Waals surface area contributed by atoms with Gasteiger partial charge in [0, 0.05) is 12.3 Å². The first-order valence-electron chi connectivity index (χ1n) is 4.75. The van der Waals surface area contributed by atoms with Gasteiger partial charge in [0.05, 0.1) is 5.56 Å². The summed E-state index contributed by atoms with van der Waals surface area (Å²) in [4.78, 5) is 18.2. The number of anilines is 1. The van der Waals surface area contributed by atoms with Gasteiger partial charge in [-0.15, -0.1) is 0 Å². The SMILES string of the molecule is CC(C)Nc1nc(S(C)(=O)=O)nc(Cl)c1C=O. The van der Waals surface area contributed by atoms with Gasteiger partial charge in [-0.2, -0.15) is 0 Å². The van der Waals surface area contributed by atoms with Crippen molar-refractivity contribution >= 4 is 33.5 Å². The standard InChI is InChI=1S/C9H12ClN3O3S/c1-5(2)11-8-6(4-14)7(10)12-9(13-8)17(3,15)16/h4-5H,1-3H3,(H,11,12,13). The van der Waals surface area contributed by atoms with Crippen LogP contribution in [0.2, 0.25) is 5.15 Å². The van der Waals surface area contributed by atoms with E-state index in [0.717, 1.165) is 6.26 Å². The number of aldehydes is 1. The van der Waals surface area contributed by atoms with Crippen molar-refractivity contribution in [2.75, 3.05) is 11.6 Å². The minimum atomic E-state index is -3.57. The largest absolute Gasteiger partial charge is 0.367 e. The van der Waals surface area contributed by atoms with E-state index in [1.54, 1.807) is 0 Å². The normalized spacial score (nSPS) is 11.6. The summed E-state index contributed by atoms with van der Waals surface area (Å²) in [6.45, 7) is 3.65. The predicted octanol–water partition coefficient (Wildman–Crippen LogP) is 1.17. The topological polar surface area (TPSA) is 89.0 Å². The van der Waals surface area contributed by atoms with E-state index in [0.29, 0.717) is 6.29 Å². The molecule has 0 fully saturated rings. The molecule has 0 aliphatic rings. The molecule has 0 radical (unpaired) electrons. The molecule has 0 amide bonds. The number of rotatable bonds is 4. The lowest BCUT2D eigenvalue weighted by Gasteiger charge is -2.12. The minimum absolute atomic E-state index is 0.0212. The number of halogens is 1. The van der Waals surface area contributed by atoms with Crippen LogP contribution in [0, 0.1) is 0 Å². The van der Waals surface area contributed by atoms with Gasteiger partial charge in [-0.1, -0.05) is 11.6 Å². The van der Waals surface area contributed by atoms with E-state index in [2.05, 4.69) is 15.3 Å². The van der Waals surface area contributed by atoms with Crippen LogP contribution in [-0.2, 0) is 9.84 Å². The molecule has 94 valence electrons. The second-order valence-electron chi connectivity index (χ2n) is 3.75. The van der Waals surface area contributed by atoms with Crippen LogP contribution in [0.4, 0.5) is 5.82 Å². The van der Waals surface area contributed by atoms with E-state index in [-0.39, 0.29) is 22.6 Å². The minimum Gasteiger partial charge on any atom is -0.367 e. The van der Waals surface area contributed by atoms with Crippen molar-refractivity contribution in [1.29, 1.82) is 0 Å². The molecule has 17 heavy (non-hydrogen) atoms. The summed E-state index contributed by atoms with van der Waals surface area (Å²) in [6.07, 6.45) is 1.46. The van der Waals surface area contributed by atoms with Gasteiger partial charge in [0.2, 0.25) is 15.0 Å². The highest BCUT2D eigenvalue weighted by atomic mass is 35.5. The zero-order valence-corrected chi connectivity index (χ0v) is 11.1. The third kappa shape index (κ3) is 3.37. The summed E-state index contributed by atoms with van der Waals surface area (Å²) in [7, 11) is -3.57. The second-order valence-corrected chi connectivity index (χ2v) is 6.02. The molecule has 0 spiro atoms. The van der Waals surface area contributed by atoms with E-state index in [4.69, 9.17) is 11.6 Å². The van der Waals surface area contributed by atoms with Crippen molar-refractivity contribution in [3.8, 4) is 0 Å². The molecule has 1 aromatic rings. The summed E-state index contributed by atoms with van der Waals surface area (Å²) in [5.41, 5.74) is 0.0489. The maximum absolute atomic E-state index is 11.3. The first-order chi connectivity index (χ1) is 7.75. The molecule has 0 aromatic carbocycles. The van der Waals surface area contributed by atoms with Crippen molar-refractivity contribution in [3.05, 3.63) is 10.7 Å². The van der Waals surface area contributed by atoms with E-state index in [9.17, 15) is 13.2 Å². The lowest BCUT2D eigenvalue weighted by Crippen LogP contribution is -2.16. The fraction of sp³-hybridized carbons (Fsp3) is 0.444. The molecule has 1 N–H and O–H groups in total. The molecule has 6 nitrogen and oxygen atoms in total. The predicted molar refractivity (Wildman–Crippen MR) is 64.3 cm³/mol. The molecule has 0 unspecified atom stereocenters. The van der Waals surface area contributed by atoms with Gasteiger partial charge in [0.15, 0.2) is 6.29 Å². The maximum atomic E-state index is 11.3. The van der Waals surface area contributed by atoms with Crippen molar-refractivity contribution in [2.24, 2.45) is 0 Å². The van der Waals surface area contributed by atoms with Crippen LogP contribution >= 0.6 is 11.6 Å². The number of aromatic nitrogens is 2. The molecule has 0 bridgehead atoms. The van der Waals surface area contributed by atoms with Crippen LogP contribution in [0.15, 0.2) is 5.16 Å². The number of carbonyl (C=O) groups is 1. The maximum Gasteiger partial charge on any atom is 0.250 e. The lowest BCUT2D eigenvalue weighted by molar-refractivity contribution is 0.112. The Labute approximate surface area is 104 Å². The number of sulfone groups is 1. The van der Waals surface area contributed by atoms with Crippen LogP contribution in [0.1, 0.15) is 24.2 Å². The van der Waals surface area contributed by atoms with Crippen LogP contribution in [-0.4, -0.2) is 37.0 Å². The molecule has 0 saturated carbocycles. The number of hydrogen-bond acceptors (Lipinski definition) is 6. The van der Waals surface area contributed by atoms with Gasteiger partial charge < -0.3 is 5.32 Å². The van der Waals surface area contributed by atoms with E-state index in [1.165, 1.54) is 0 Å². The Morgan fingerprint density at radius 1 is 1.35 bits per heavy atom. The Bertz CT molecular complexity index is 543. The number of hydrogen-bond donors (Lipinski definition) is 1. The van der Waals surface area contributed by atoms with E-state index >= 15 is 0 Å². The summed E-state index contributed by atoms with van der Waals surface area (Å²) < 4.78 is 22.6. The molecule has 1 aromatic heterocycles. The third-order valence-electron chi connectivity index (χ3n) is 1.75. The summed E-state index contributed by atoms with van der Waals surface area (Å²) in [6, 6.07) is -0.0212. The average Bonchev–Trinajstić information content (AvgIpc) is 2.14. The highest BCUT2D eigenvalue weighted by Gasteiger charge is 2.18. The molecule has 0 aliphatic carbocycles. The van der Waals surface area contributed by atoms with Gasteiger partial charge in [-0.3, -0.25) is 4.79 Å². The Morgan fingerprint density at radius 3 is 2.35 bits per heavy atom. The van der Waals surface area contributed by atoms with Crippen LogP contribution in [0.25, 0.3) is 0 Å². The average molecular weight is 278 g/mol. The van der Waals surface area contributed by atoms with Crippen LogP contribution in [0.3, 0.4) is 0 Å². The zero-order valence-electron chi connectivity index (χ0n) is 9.56. The fourth-order valence-electron chi connectivity index (χ4n) is 1.08. The molecular weight excluding hydrogens is 266 g/mol. The Morgan fingerprint density at radius 2 is 1.94 bits per heavy atom. The van der Waals surface area contributed by atoms with Gasteiger partial charge in [-0.05, 0) is 13.8 Å². The highest BCUT2D eigenvalue weighted by Crippen LogP contribution is 2.21. The van der Waals surface area contributed by atoms with Crippen molar-refractivity contribution < 1.29 is 13.2 Å². The van der Waals surface area contributed by atoms with E-state index in [1.807, 2.05) is 13.8 Å². The van der Waals surface area contributed by atoms with E-state index < -0.39 is 15.0 Å². The van der Waals surface area contributed by atoms with Gasteiger partial charge in [0.1, 0.15) is 11.0 Å². The summed E-state index contributed by atoms with van der Waals surface area (Å²) >= 11 is 5.74. The number of carbonyl (C=O) groups excluding carboxylic acids is 1. The van der Waals surface area contributed by atoms with Crippen molar-refractivity contribution in [2.45, 2.75) is 25.0 Å². The fourth-order valence-corrected chi connectivity index (χ4v) is 1.85. The number of nitrogens with zero attached hydrogens (tertiary/aromatic N) is 2. The van der Waals surface area contributed by atoms with Gasteiger partial charge >= 0.3 is 0 Å². The third-order valence-corrected chi connectivity index (χ3v) is 2.89. The van der Waals surface area contributed by atoms with Gasteiger partial charge in [0.25, 0.3) is 0 Å². The smallest absolute Gasteiger partial charge is 0.250 e. The summed E-state index contributed by atoms with van der Waals surface area (Å²) in [5.74, 6) is 0.121. The quantitative estimate of drug-likeness (QED) is 0.505. The molecule has 0 atom stereocenters.